The van der Waals surface area contributed by atoms with Gasteiger partial charge in [0.1, 0.15) is 0 Å². The second kappa shape index (κ2) is 8.68. The number of carbonyl (C=O) groups is 1. The van der Waals surface area contributed by atoms with E-state index in [1.165, 1.54) is 0 Å². The van der Waals surface area contributed by atoms with Crippen molar-refractivity contribution in [1.82, 2.24) is 4.90 Å². The summed E-state index contributed by atoms with van der Waals surface area (Å²) in [4.78, 5) is 15.2. The number of piperidine rings is 1. The van der Waals surface area contributed by atoms with Gasteiger partial charge in [-0.3, -0.25) is 4.79 Å². The Labute approximate surface area is 181 Å². The minimum absolute atomic E-state index is 0.0116. The number of hydrogen-bond acceptors (Lipinski definition) is 5. The third kappa shape index (κ3) is 3.94. The summed E-state index contributed by atoms with van der Waals surface area (Å²) in [5.74, 6) is 1.34. The van der Waals surface area contributed by atoms with Crippen molar-refractivity contribution in [3.63, 3.8) is 0 Å². The van der Waals surface area contributed by atoms with Crippen molar-refractivity contribution in [2.24, 2.45) is 28.6 Å². The molecule has 0 aromatic carbocycles. The molecule has 0 radical (unpaired) electrons. The molecule has 4 fully saturated rings. The Hall–Kier alpha value is -0.690. The molecule has 4 rings (SSSR count). The highest BCUT2D eigenvalue weighted by Crippen LogP contribution is 2.62. The van der Waals surface area contributed by atoms with E-state index in [9.17, 15) is 9.90 Å². The number of aliphatic hydroxyl groups excluding tert-OH is 1. The predicted molar refractivity (Wildman–Crippen MR) is 114 cm³/mol. The van der Waals surface area contributed by atoms with E-state index in [1.807, 2.05) is 4.90 Å². The number of fused-ring (bicyclic) bond motifs is 3. The normalized spacial score (nSPS) is 45.0. The molecule has 6 nitrogen and oxygen atoms in total. The van der Waals surface area contributed by atoms with Crippen LogP contribution in [-0.4, -0.2) is 67.8 Å². The van der Waals surface area contributed by atoms with Gasteiger partial charge in [-0.2, -0.15) is 0 Å². The van der Waals surface area contributed by atoms with Gasteiger partial charge in [0, 0.05) is 32.0 Å². The van der Waals surface area contributed by atoms with Crippen LogP contribution in [0.1, 0.15) is 65.7 Å². The van der Waals surface area contributed by atoms with Gasteiger partial charge < -0.3 is 24.2 Å². The van der Waals surface area contributed by atoms with E-state index in [0.717, 1.165) is 51.6 Å². The summed E-state index contributed by atoms with van der Waals surface area (Å²) in [7, 11) is 1.67. The number of nitrogens with zero attached hydrogens (tertiary/aromatic N) is 1. The Morgan fingerprint density at radius 2 is 1.87 bits per heavy atom. The van der Waals surface area contributed by atoms with Crippen LogP contribution in [0, 0.1) is 28.6 Å². The van der Waals surface area contributed by atoms with Gasteiger partial charge in [0.2, 0.25) is 5.91 Å². The molecule has 2 aliphatic heterocycles. The zero-order valence-corrected chi connectivity index (χ0v) is 19.3. The minimum Gasteiger partial charge on any atom is -0.393 e. The Kier molecular flexibility index (Phi) is 6.51. The SMILES string of the molecule is COC[C@@H]1OC[C@@]2(C)[C@@H]3CC[C@@H](O)[C@@H](CC(=O)N4CCC(C)CC4)[C@]3(C)CC[C@H]2O1. The van der Waals surface area contributed by atoms with Crippen LogP contribution in [-0.2, 0) is 19.0 Å². The molecule has 1 N–H and O–H groups in total. The van der Waals surface area contributed by atoms with Crippen molar-refractivity contribution in [3.05, 3.63) is 0 Å². The highest BCUT2D eigenvalue weighted by molar-refractivity contribution is 5.76. The maximum Gasteiger partial charge on any atom is 0.222 e. The number of carbonyl (C=O) groups excluding carboxylic acids is 1. The molecule has 4 aliphatic rings. The number of ether oxygens (including phenoxy) is 3. The molecule has 2 heterocycles. The monoisotopic (exact) mass is 423 g/mol. The fourth-order valence-electron chi connectivity index (χ4n) is 7.09. The fourth-order valence-corrected chi connectivity index (χ4v) is 7.09. The molecule has 2 saturated carbocycles. The van der Waals surface area contributed by atoms with Crippen molar-refractivity contribution >= 4 is 5.91 Å². The van der Waals surface area contributed by atoms with Crippen LogP contribution in [0.25, 0.3) is 0 Å². The third-order valence-electron chi connectivity index (χ3n) is 9.07. The van der Waals surface area contributed by atoms with E-state index in [-0.39, 0.29) is 35.0 Å². The van der Waals surface area contributed by atoms with Crippen molar-refractivity contribution in [2.75, 3.05) is 33.4 Å². The highest BCUT2D eigenvalue weighted by Gasteiger charge is 2.61. The lowest BCUT2D eigenvalue weighted by atomic mass is 9.46. The summed E-state index contributed by atoms with van der Waals surface area (Å²) < 4.78 is 17.6. The lowest BCUT2D eigenvalue weighted by molar-refractivity contribution is -0.316. The quantitative estimate of drug-likeness (QED) is 0.752. The second-order valence-electron chi connectivity index (χ2n) is 10.9. The Morgan fingerprint density at radius 1 is 1.13 bits per heavy atom. The number of amides is 1. The second-order valence-corrected chi connectivity index (χ2v) is 10.9. The summed E-state index contributed by atoms with van der Waals surface area (Å²) in [5, 5.41) is 11.0. The first-order valence-corrected chi connectivity index (χ1v) is 12.0. The largest absolute Gasteiger partial charge is 0.393 e. The summed E-state index contributed by atoms with van der Waals surface area (Å²) in [6.07, 6.45) is 5.80. The van der Waals surface area contributed by atoms with Crippen molar-refractivity contribution in [3.8, 4) is 0 Å². The van der Waals surface area contributed by atoms with Gasteiger partial charge in [0.25, 0.3) is 0 Å². The number of aliphatic hydroxyl groups is 1. The summed E-state index contributed by atoms with van der Waals surface area (Å²) in [6.45, 7) is 9.73. The van der Waals surface area contributed by atoms with Gasteiger partial charge in [0.05, 0.1) is 25.4 Å². The highest BCUT2D eigenvalue weighted by atomic mass is 16.7. The molecule has 172 valence electrons. The van der Waals surface area contributed by atoms with Crippen LogP contribution in [0.15, 0.2) is 0 Å². The summed E-state index contributed by atoms with van der Waals surface area (Å²) in [6, 6.07) is 0. The van der Waals surface area contributed by atoms with E-state index in [2.05, 4.69) is 20.8 Å². The van der Waals surface area contributed by atoms with Crippen LogP contribution >= 0.6 is 0 Å². The predicted octanol–water partition coefficient (Wildman–Crippen LogP) is 3.22. The third-order valence-corrected chi connectivity index (χ3v) is 9.07. The first-order chi connectivity index (χ1) is 14.3. The molecule has 0 spiro atoms. The van der Waals surface area contributed by atoms with Crippen LogP contribution < -0.4 is 0 Å². The van der Waals surface area contributed by atoms with E-state index in [1.54, 1.807) is 7.11 Å². The molecule has 1 amide bonds. The molecule has 0 aromatic heterocycles. The standard InChI is InChI=1S/C24H41NO5/c1-16-8-11-25(12-9-16)21(27)13-17-18(26)5-6-19-23(17,2)10-7-20-24(19,3)15-29-22(30-20)14-28-4/h16-20,22,26H,5-15H2,1-4H3/t17-,18-,19-,20-,22-,23+,24+/m1/s1. The first-order valence-electron chi connectivity index (χ1n) is 12.0. The fraction of sp³-hybridized carbons (Fsp3) is 0.958. The Bertz CT molecular complexity index is 621. The zero-order valence-electron chi connectivity index (χ0n) is 19.3. The molecule has 2 aliphatic carbocycles. The average molecular weight is 424 g/mol. The first kappa shape index (κ1) is 22.5. The van der Waals surface area contributed by atoms with Gasteiger partial charge in [-0.05, 0) is 61.7 Å². The minimum atomic E-state index is -0.397. The average Bonchev–Trinajstić information content (AvgIpc) is 2.71. The molecule has 2 saturated heterocycles. The van der Waals surface area contributed by atoms with Crippen LogP contribution in [0.5, 0.6) is 0 Å². The van der Waals surface area contributed by atoms with E-state index in [4.69, 9.17) is 14.2 Å². The molecular formula is C24H41NO5. The van der Waals surface area contributed by atoms with E-state index in [0.29, 0.717) is 31.5 Å². The molecule has 30 heavy (non-hydrogen) atoms. The topological polar surface area (TPSA) is 68.2 Å². The number of hydrogen-bond donors (Lipinski definition) is 1. The summed E-state index contributed by atoms with van der Waals surface area (Å²) >= 11 is 0. The van der Waals surface area contributed by atoms with Crippen molar-refractivity contribution < 1.29 is 24.1 Å². The van der Waals surface area contributed by atoms with Gasteiger partial charge >= 0.3 is 0 Å². The number of likely N-dealkylation sites (tertiary alicyclic amines) is 1. The van der Waals surface area contributed by atoms with Gasteiger partial charge in [-0.25, -0.2) is 0 Å². The molecule has 7 atom stereocenters. The maximum absolute atomic E-state index is 13.2. The van der Waals surface area contributed by atoms with Crippen LogP contribution in [0.4, 0.5) is 0 Å². The molecule has 0 unspecified atom stereocenters. The molecule has 0 bridgehead atoms. The Morgan fingerprint density at radius 3 is 2.57 bits per heavy atom. The van der Waals surface area contributed by atoms with Crippen LogP contribution in [0.3, 0.4) is 0 Å². The maximum atomic E-state index is 13.2. The van der Waals surface area contributed by atoms with Crippen LogP contribution in [0.2, 0.25) is 0 Å². The lowest BCUT2D eigenvalue weighted by Crippen LogP contribution is -2.63. The van der Waals surface area contributed by atoms with E-state index < -0.39 is 6.10 Å². The number of methoxy groups -OCH3 is 1. The number of rotatable bonds is 4. The van der Waals surface area contributed by atoms with Crippen molar-refractivity contribution in [1.29, 1.82) is 0 Å². The molecule has 6 heteroatoms. The smallest absolute Gasteiger partial charge is 0.222 e. The van der Waals surface area contributed by atoms with Gasteiger partial charge in [0.15, 0.2) is 6.29 Å². The summed E-state index contributed by atoms with van der Waals surface area (Å²) in [5.41, 5.74) is -0.151. The van der Waals surface area contributed by atoms with Gasteiger partial charge in [-0.15, -0.1) is 0 Å². The van der Waals surface area contributed by atoms with E-state index >= 15 is 0 Å². The van der Waals surface area contributed by atoms with Gasteiger partial charge in [-0.1, -0.05) is 20.8 Å². The molecule has 0 aromatic rings. The zero-order chi connectivity index (χ0) is 21.5. The Balaban J connectivity index is 1.49. The van der Waals surface area contributed by atoms with Crippen molar-refractivity contribution in [2.45, 2.75) is 84.2 Å². The lowest BCUT2D eigenvalue weighted by Gasteiger charge is -2.63. The molecular weight excluding hydrogens is 382 g/mol.